The van der Waals surface area contributed by atoms with Crippen molar-refractivity contribution >= 4 is 11.8 Å². The SMILES string of the molecule is CC(=O)c1ccccc1C(CO)C(=O)O. The van der Waals surface area contributed by atoms with Gasteiger partial charge in [-0.25, -0.2) is 0 Å². The van der Waals surface area contributed by atoms with Gasteiger partial charge in [0.2, 0.25) is 0 Å². The van der Waals surface area contributed by atoms with Crippen molar-refractivity contribution < 1.29 is 19.8 Å². The second-order valence-electron chi connectivity index (χ2n) is 3.22. The standard InChI is InChI=1S/C11H12O4/c1-7(13)8-4-2-3-5-9(8)10(6-12)11(14)15/h2-5,10,12H,6H2,1H3,(H,14,15). The molecule has 0 spiro atoms. The number of aliphatic carboxylic acids is 1. The molecule has 0 aliphatic carbocycles. The predicted octanol–water partition coefficient (Wildman–Crippen LogP) is 1.05. The molecule has 1 rings (SSSR count). The molecule has 0 heterocycles. The van der Waals surface area contributed by atoms with Crippen molar-refractivity contribution in [1.29, 1.82) is 0 Å². The van der Waals surface area contributed by atoms with Crippen molar-refractivity contribution in [1.82, 2.24) is 0 Å². The van der Waals surface area contributed by atoms with Crippen LogP contribution < -0.4 is 0 Å². The molecule has 1 unspecified atom stereocenters. The lowest BCUT2D eigenvalue weighted by atomic mass is 9.93. The Hall–Kier alpha value is -1.68. The number of carboxylic acid groups (broad SMARTS) is 1. The van der Waals surface area contributed by atoms with E-state index >= 15 is 0 Å². The molecule has 0 saturated carbocycles. The van der Waals surface area contributed by atoms with Crippen molar-refractivity contribution in [3.63, 3.8) is 0 Å². The molecular weight excluding hydrogens is 196 g/mol. The van der Waals surface area contributed by atoms with Gasteiger partial charge in [-0.3, -0.25) is 9.59 Å². The number of carbonyl (C=O) groups is 2. The maximum Gasteiger partial charge on any atom is 0.313 e. The highest BCUT2D eigenvalue weighted by Gasteiger charge is 2.22. The molecule has 0 saturated heterocycles. The van der Waals surface area contributed by atoms with Crippen LogP contribution in [0.15, 0.2) is 24.3 Å². The van der Waals surface area contributed by atoms with E-state index in [1.807, 2.05) is 0 Å². The van der Waals surface area contributed by atoms with E-state index in [0.717, 1.165) is 0 Å². The molecule has 2 N–H and O–H groups in total. The Morgan fingerprint density at radius 2 is 1.93 bits per heavy atom. The number of benzene rings is 1. The number of Topliss-reactive ketones (excluding diaryl/α,β-unsaturated/α-hetero) is 1. The van der Waals surface area contributed by atoms with Crippen molar-refractivity contribution in [2.45, 2.75) is 12.8 Å². The summed E-state index contributed by atoms with van der Waals surface area (Å²) in [5.41, 5.74) is 0.707. The van der Waals surface area contributed by atoms with Crippen LogP contribution in [0.1, 0.15) is 28.8 Å². The van der Waals surface area contributed by atoms with Gasteiger partial charge < -0.3 is 10.2 Å². The van der Waals surface area contributed by atoms with Crippen LogP contribution in [0.5, 0.6) is 0 Å². The molecule has 80 valence electrons. The second-order valence-corrected chi connectivity index (χ2v) is 3.22. The molecule has 4 nitrogen and oxygen atoms in total. The van der Waals surface area contributed by atoms with Crippen LogP contribution in [-0.4, -0.2) is 28.6 Å². The maximum atomic E-state index is 11.2. The number of aliphatic hydroxyl groups is 1. The van der Waals surface area contributed by atoms with Gasteiger partial charge in [-0.2, -0.15) is 0 Å². The van der Waals surface area contributed by atoms with Gasteiger partial charge in [0, 0.05) is 5.56 Å². The molecule has 4 heteroatoms. The summed E-state index contributed by atoms with van der Waals surface area (Å²) in [5.74, 6) is -2.37. The fourth-order valence-electron chi connectivity index (χ4n) is 1.43. The van der Waals surface area contributed by atoms with E-state index in [1.54, 1.807) is 24.3 Å². The molecule has 0 aliphatic heterocycles. The predicted molar refractivity (Wildman–Crippen MR) is 53.9 cm³/mol. The van der Waals surface area contributed by atoms with E-state index in [9.17, 15) is 9.59 Å². The number of aliphatic hydroxyl groups excluding tert-OH is 1. The monoisotopic (exact) mass is 208 g/mol. The van der Waals surface area contributed by atoms with Crippen molar-refractivity contribution in [3.05, 3.63) is 35.4 Å². The molecule has 0 bridgehead atoms. The fourth-order valence-corrected chi connectivity index (χ4v) is 1.43. The van der Waals surface area contributed by atoms with Crippen LogP contribution in [0, 0.1) is 0 Å². The Morgan fingerprint density at radius 3 is 2.40 bits per heavy atom. The summed E-state index contributed by atoms with van der Waals surface area (Å²) in [5, 5.41) is 17.8. The largest absolute Gasteiger partial charge is 0.481 e. The van der Waals surface area contributed by atoms with Crippen LogP contribution in [0.25, 0.3) is 0 Å². The fraction of sp³-hybridized carbons (Fsp3) is 0.273. The zero-order valence-corrected chi connectivity index (χ0v) is 8.30. The molecule has 0 amide bonds. The first kappa shape index (κ1) is 11.4. The third-order valence-corrected chi connectivity index (χ3v) is 2.20. The van der Waals surface area contributed by atoms with Gasteiger partial charge in [-0.1, -0.05) is 24.3 Å². The van der Waals surface area contributed by atoms with E-state index in [4.69, 9.17) is 10.2 Å². The van der Waals surface area contributed by atoms with Gasteiger partial charge in [0.1, 0.15) is 5.92 Å². The molecular formula is C11H12O4. The molecule has 1 atom stereocenters. The molecule has 0 aromatic heterocycles. The Morgan fingerprint density at radius 1 is 1.33 bits per heavy atom. The number of ketones is 1. The summed E-state index contributed by atoms with van der Waals surface area (Å²) < 4.78 is 0. The Balaban J connectivity index is 3.22. The third kappa shape index (κ3) is 2.41. The topological polar surface area (TPSA) is 74.6 Å². The molecule has 0 aliphatic rings. The zero-order chi connectivity index (χ0) is 11.4. The highest BCUT2D eigenvalue weighted by molar-refractivity contribution is 5.97. The first-order chi connectivity index (χ1) is 7.07. The summed E-state index contributed by atoms with van der Waals surface area (Å²) in [4.78, 5) is 22.1. The summed E-state index contributed by atoms with van der Waals surface area (Å²) in [6.45, 7) is 0.856. The molecule has 1 aromatic carbocycles. The lowest BCUT2D eigenvalue weighted by molar-refractivity contribution is -0.139. The van der Waals surface area contributed by atoms with Gasteiger partial charge in [-0.05, 0) is 12.5 Å². The van der Waals surface area contributed by atoms with Crippen LogP contribution in [0.3, 0.4) is 0 Å². The normalized spacial score (nSPS) is 12.1. The summed E-state index contributed by atoms with van der Waals surface area (Å²) in [6, 6.07) is 6.42. The van der Waals surface area contributed by atoms with Crippen molar-refractivity contribution in [2.24, 2.45) is 0 Å². The number of rotatable bonds is 4. The molecule has 0 fully saturated rings. The Bertz CT molecular complexity index is 384. The van der Waals surface area contributed by atoms with Crippen LogP contribution >= 0.6 is 0 Å². The number of carboxylic acids is 1. The average molecular weight is 208 g/mol. The molecule has 0 radical (unpaired) electrons. The van der Waals surface area contributed by atoms with Crippen molar-refractivity contribution in [3.8, 4) is 0 Å². The maximum absolute atomic E-state index is 11.2. The van der Waals surface area contributed by atoms with Gasteiger partial charge in [0.25, 0.3) is 0 Å². The lowest BCUT2D eigenvalue weighted by Crippen LogP contribution is -2.18. The van der Waals surface area contributed by atoms with E-state index in [2.05, 4.69) is 0 Å². The van der Waals surface area contributed by atoms with Crippen LogP contribution in [0.2, 0.25) is 0 Å². The summed E-state index contributed by atoms with van der Waals surface area (Å²) >= 11 is 0. The van der Waals surface area contributed by atoms with Crippen LogP contribution in [0.4, 0.5) is 0 Å². The van der Waals surface area contributed by atoms with E-state index < -0.39 is 18.5 Å². The lowest BCUT2D eigenvalue weighted by Gasteiger charge is -2.12. The van der Waals surface area contributed by atoms with Crippen LogP contribution in [-0.2, 0) is 4.79 Å². The number of hydrogen-bond donors (Lipinski definition) is 2. The minimum absolute atomic E-state index is 0.203. The van der Waals surface area contributed by atoms with Gasteiger partial charge in [0.05, 0.1) is 6.61 Å². The highest BCUT2D eigenvalue weighted by atomic mass is 16.4. The van der Waals surface area contributed by atoms with E-state index in [0.29, 0.717) is 11.1 Å². The van der Waals surface area contributed by atoms with E-state index in [-0.39, 0.29) is 5.78 Å². The van der Waals surface area contributed by atoms with Crippen molar-refractivity contribution in [2.75, 3.05) is 6.61 Å². The van der Waals surface area contributed by atoms with Gasteiger partial charge in [0.15, 0.2) is 5.78 Å². The minimum Gasteiger partial charge on any atom is -0.481 e. The first-order valence-electron chi connectivity index (χ1n) is 4.51. The smallest absolute Gasteiger partial charge is 0.313 e. The number of hydrogen-bond acceptors (Lipinski definition) is 3. The Kier molecular flexibility index (Phi) is 3.57. The first-order valence-corrected chi connectivity index (χ1v) is 4.51. The second kappa shape index (κ2) is 4.70. The molecule has 1 aromatic rings. The quantitative estimate of drug-likeness (QED) is 0.725. The average Bonchev–Trinajstić information content (AvgIpc) is 2.18. The molecule has 15 heavy (non-hydrogen) atoms. The zero-order valence-electron chi connectivity index (χ0n) is 8.30. The Labute approximate surface area is 87.2 Å². The highest BCUT2D eigenvalue weighted by Crippen LogP contribution is 2.20. The third-order valence-electron chi connectivity index (χ3n) is 2.20. The summed E-state index contributed by atoms with van der Waals surface area (Å²) in [6.07, 6.45) is 0. The van der Waals surface area contributed by atoms with Gasteiger partial charge >= 0.3 is 5.97 Å². The number of carbonyl (C=O) groups excluding carboxylic acids is 1. The minimum atomic E-state index is -1.13. The summed E-state index contributed by atoms with van der Waals surface area (Å²) in [7, 11) is 0. The van der Waals surface area contributed by atoms with E-state index in [1.165, 1.54) is 6.92 Å². The van der Waals surface area contributed by atoms with Gasteiger partial charge in [-0.15, -0.1) is 0 Å².